The molecule has 1 aromatic carbocycles. The lowest BCUT2D eigenvalue weighted by atomic mass is 10.2. The van der Waals surface area contributed by atoms with Gasteiger partial charge < -0.3 is 4.74 Å². The molecule has 0 saturated heterocycles. The number of rotatable bonds is 3. The van der Waals surface area contributed by atoms with Gasteiger partial charge in [0.25, 0.3) is 0 Å². The third-order valence-corrected chi connectivity index (χ3v) is 2.18. The first-order chi connectivity index (χ1) is 7.38. The van der Waals surface area contributed by atoms with E-state index < -0.39 is 0 Å². The van der Waals surface area contributed by atoms with Crippen LogP contribution in [0.2, 0.25) is 0 Å². The van der Waals surface area contributed by atoms with E-state index in [-0.39, 0.29) is 0 Å². The molecule has 0 aliphatic rings. The molecule has 1 aromatic heterocycles. The molecule has 76 valence electrons. The molecular formula is C13H13NO. The summed E-state index contributed by atoms with van der Waals surface area (Å²) in [6.45, 7) is 2.13. The van der Waals surface area contributed by atoms with Crippen molar-refractivity contribution in [2.75, 3.05) is 0 Å². The topological polar surface area (TPSA) is 22.1 Å². The molecule has 0 aliphatic carbocycles. The van der Waals surface area contributed by atoms with E-state index in [1.54, 1.807) is 12.4 Å². The van der Waals surface area contributed by atoms with Gasteiger partial charge in [0.2, 0.25) is 0 Å². The SMILES string of the molecule is CCc1cccc(Oc2cccnc2)c1. The summed E-state index contributed by atoms with van der Waals surface area (Å²) in [6, 6.07) is 11.9. The molecule has 0 aliphatic heterocycles. The Balaban J connectivity index is 2.17. The highest BCUT2D eigenvalue weighted by molar-refractivity contribution is 5.32. The van der Waals surface area contributed by atoms with Crippen molar-refractivity contribution in [2.24, 2.45) is 0 Å². The fourth-order valence-corrected chi connectivity index (χ4v) is 1.37. The molecule has 0 saturated carbocycles. The Morgan fingerprint density at radius 2 is 2.00 bits per heavy atom. The van der Waals surface area contributed by atoms with Crippen molar-refractivity contribution in [3.8, 4) is 11.5 Å². The summed E-state index contributed by atoms with van der Waals surface area (Å²) in [5.41, 5.74) is 1.27. The van der Waals surface area contributed by atoms with Gasteiger partial charge in [-0.05, 0) is 36.2 Å². The predicted molar refractivity (Wildman–Crippen MR) is 60.1 cm³/mol. The lowest BCUT2D eigenvalue weighted by Gasteiger charge is -2.05. The lowest BCUT2D eigenvalue weighted by Crippen LogP contribution is -1.86. The average molecular weight is 199 g/mol. The van der Waals surface area contributed by atoms with Crippen molar-refractivity contribution in [3.63, 3.8) is 0 Å². The molecule has 0 radical (unpaired) electrons. The van der Waals surface area contributed by atoms with Crippen molar-refractivity contribution in [1.29, 1.82) is 0 Å². The van der Waals surface area contributed by atoms with Crippen LogP contribution >= 0.6 is 0 Å². The third-order valence-electron chi connectivity index (χ3n) is 2.18. The highest BCUT2D eigenvalue weighted by atomic mass is 16.5. The summed E-state index contributed by atoms with van der Waals surface area (Å²) in [5.74, 6) is 1.63. The number of nitrogens with zero attached hydrogens (tertiary/aromatic N) is 1. The van der Waals surface area contributed by atoms with Gasteiger partial charge in [0.1, 0.15) is 11.5 Å². The molecular weight excluding hydrogens is 186 g/mol. The minimum absolute atomic E-state index is 0.769. The number of aromatic nitrogens is 1. The molecule has 2 aromatic rings. The first-order valence-electron chi connectivity index (χ1n) is 5.05. The van der Waals surface area contributed by atoms with Gasteiger partial charge in [0.05, 0.1) is 6.20 Å². The van der Waals surface area contributed by atoms with Crippen molar-refractivity contribution >= 4 is 0 Å². The van der Waals surface area contributed by atoms with Crippen molar-refractivity contribution < 1.29 is 4.74 Å². The quantitative estimate of drug-likeness (QED) is 0.755. The van der Waals surface area contributed by atoms with Gasteiger partial charge in [-0.1, -0.05) is 19.1 Å². The van der Waals surface area contributed by atoms with E-state index in [4.69, 9.17) is 4.74 Å². The molecule has 0 atom stereocenters. The van der Waals surface area contributed by atoms with Gasteiger partial charge >= 0.3 is 0 Å². The van der Waals surface area contributed by atoms with E-state index in [1.807, 2.05) is 30.3 Å². The van der Waals surface area contributed by atoms with Crippen LogP contribution in [0.3, 0.4) is 0 Å². The van der Waals surface area contributed by atoms with Crippen molar-refractivity contribution in [1.82, 2.24) is 4.98 Å². The fourth-order valence-electron chi connectivity index (χ4n) is 1.37. The van der Waals surface area contributed by atoms with E-state index in [0.29, 0.717) is 0 Å². The Bertz CT molecular complexity index is 426. The maximum atomic E-state index is 5.66. The highest BCUT2D eigenvalue weighted by Crippen LogP contribution is 2.21. The Morgan fingerprint density at radius 3 is 2.73 bits per heavy atom. The fraction of sp³-hybridized carbons (Fsp3) is 0.154. The summed E-state index contributed by atoms with van der Waals surface area (Å²) >= 11 is 0. The summed E-state index contributed by atoms with van der Waals surface area (Å²) in [6.07, 6.45) is 4.46. The summed E-state index contributed by atoms with van der Waals surface area (Å²) in [5, 5.41) is 0. The number of benzene rings is 1. The first kappa shape index (κ1) is 9.71. The number of hydrogen-bond donors (Lipinski definition) is 0. The number of aryl methyl sites for hydroxylation is 1. The maximum Gasteiger partial charge on any atom is 0.145 e. The molecule has 0 fully saturated rings. The van der Waals surface area contributed by atoms with E-state index >= 15 is 0 Å². The number of ether oxygens (including phenoxy) is 1. The van der Waals surface area contributed by atoms with Crippen LogP contribution < -0.4 is 4.74 Å². The van der Waals surface area contributed by atoms with Gasteiger partial charge in [-0.2, -0.15) is 0 Å². The van der Waals surface area contributed by atoms with E-state index in [1.165, 1.54) is 5.56 Å². The smallest absolute Gasteiger partial charge is 0.145 e. The van der Waals surface area contributed by atoms with Gasteiger partial charge in [-0.3, -0.25) is 4.98 Å². The van der Waals surface area contributed by atoms with Crippen LogP contribution in [0.1, 0.15) is 12.5 Å². The van der Waals surface area contributed by atoms with E-state index in [9.17, 15) is 0 Å². The zero-order valence-electron chi connectivity index (χ0n) is 8.68. The van der Waals surface area contributed by atoms with Crippen LogP contribution in [0, 0.1) is 0 Å². The summed E-state index contributed by atoms with van der Waals surface area (Å²) in [7, 11) is 0. The molecule has 2 heteroatoms. The summed E-state index contributed by atoms with van der Waals surface area (Å²) < 4.78 is 5.66. The van der Waals surface area contributed by atoms with Crippen LogP contribution in [0.5, 0.6) is 11.5 Å². The van der Waals surface area contributed by atoms with Gasteiger partial charge in [0.15, 0.2) is 0 Å². The van der Waals surface area contributed by atoms with Crippen LogP contribution in [-0.4, -0.2) is 4.98 Å². The monoisotopic (exact) mass is 199 g/mol. The Hall–Kier alpha value is -1.83. The van der Waals surface area contributed by atoms with E-state index in [2.05, 4.69) is 18.0 Å². The second-order valence-electron chi connectivity index (χ2n) is 3.29. The first-order valence-corrected chi connectivity index (χ1v) is 5.05. The van der Waals surface area contributed by atoms with Crippen LogP contribution in [0.4, 0.5) is 0 Å². The zero-order valence-corrected chi connectivity index (χ0v) is 8.68. The number of hydrogen-bond acceptors (Lipinski definition) is 2. The Morgan fingerprint density at radius 1 is 1.13 bits per heavy atom. The second kappa shape index (κ2) is 4.60. The van der Waals surface area contributed by atoms with Gasteiger partial charge in [-0.25, -0.2) is 0 Å². The predicted octanol–water partition coefficient (Wildman–Crippen LogP) is 3.44. The molecule has 0 N–H and O–H groups in total. The highest BCUT2D eigenvalue weighted by Gasteiger charge is 1.97. The molecule has 0 unspecified atom stereocenters. The molecule has 1 heterocycles. The molecule has 0 spiro atoms. The standard InChI is InChI=1S/C13H13NO/c1-2-11-5-3-6-12(9-11)15-13-7-4-8-14-10-13/h3-10H,2H2,1H3. The van der Waals surface area contributed by atoms with E-state index in [0.717, 1.165) is 17.9 Å². The normalized spacial score (nSPS) is 9.93. The average Bonchev–Trinajstić information content (AvgIpc) is 2.31. The third kappa shape index (κ3) is 2.56. The number of pyridine rings is 1. The zero-order chi connectivity index (χ0) is 10.5. The Labute approximate surface area is 89.6 Å². The largest absolute Gasteiger partial charge is 0.456 e. The summed E-state index contributed by atoms with van der Waals surface area (Å²) in [4.78, 5) is 4.00. The van der Waals surface area contributed by atoms with Crippen LogP contribution in [0.15, 0.2) is 48.8 Å². The minimum atomic E-state index is 0.769. The Kier molecular flexibility index (Phi) is 2.98. The van der Waals surface area contributed by atoms with Crippen LogP contribution in [-0.2, 0) is 6.42 Å². The van der Waals surface area contributed by atoms with Gasteiger partial charge in [-0.15, -0.1) is 0 Å². The minimum Gasteiger partial charge on any atom is -0.456 e. The van der Waals surface area contributed by atoms with Crippen molar-refractivity contribution in [2.45, 2.75) is 13.3 Å². The molecule has 0 bridgehead atoms. The molecule has 2 rings (SSSR count). The molecule has 0 amide bonds. The van der Waals surface area contributed by atoms with Crippen LogP contribution in [0.25, 0.3) is 0 Å². The molecule has 2 nitrogen and oxygen atoms in total. The molecule has 15 heavy (non-hydrogen) atoms. The van der Waals surface area contributed by atoms with Gasteiger partial charge in [0, 0.05) is 6.20 Å². The lowest BCUT2D eigenvalue weighted by molar-refractivity contribution is 0.479. The van der Waals surface area contributed by atoms with Crippen molar-refractivity contribution in [3.05, 3.63) is 54.4 Å². The maximum absolute atomic E-state index is 5.66. The second-order valence-corrected chi connectivity index (χ2v) is 3.29.